The third kappa shape index (κ3) is 2.46. The third-order valence-electron chi connectivity index (χ3n) is 3.33. The summed E-state index contributed by atoms with van der Waals surface area (Å²) in [6.45, 7) is 4.35. The van der Waals surface area contributed by atoms with Crippen LogP contribution in [0.5, 0.6) is 0 Å². The van der Waals surface area contributed by atoms with E-state index in [9.17, 15) is 4.79 Å². The fraction of sp³-hybridized carbons (Fsp3) is 0.615. The van der Waals surface area contributed by atoms with Gasteiger partial charge in [-0.3, -0.25) is 4.79 Å². The molecule has 0 aliphatic heterocycles. The highest BCUT2D eigenvalue weighted by Crippen LogP contribution is 2.41. The Kier molecular flexibility index (Phi) is 3.71. The van der Waals surface area contributed by atoms with E-state index in [2.05, 4.69) is 16.9 Å². The number of aryl methyl sites for hydroxylation is 1. The number of carbonyl (C=O) groups excluding carboxylic acids is 1. The lowest BCUT2D eigenvalue weighted by Crippen LogP contribution is -2.33. The Labute approximate surface area is 101 Å². The molecular weight excluding hydrogens is 216 g/mol. The van der Waals surface area contributed by atoms with E-state index in [1.165, 1.54) is 0 Å². The third-order valence-corrected chi connectivity index (χ3v) is 3.33. The first kappa shape index (κ1) is 12.0. The second-order valence-corrected chi connectivity index (χ2v) is 4.35. The standard InChI is InChI=1S/C13H18N2O2/c1-3-9-7-14-12(15-8-9)10-5-6-11(10)13(16)17-4-2/h7-8,10-11H,3-6H2,1-2H3. The van der Waals surface area contributed by atoms with Crippen LogP contribution in [-0.2, 0) is 16.0 Å². The lowest BCUT2D eigenvalue weighted by molar-refractivity contribution is -0.152. The van der Waals surface area contributed by atoms with E-state index in [0.29, 0.717) is 6.61 Å². The van der Waals surface area contributed by atoms with Gasteiger partial charge >= 0.3 is 5.97 Å². The van der Waals surface area contributed by atoms with Crippen LogP contribution in [0.4, 0.5) is 0 Å². The molecule has 4 nitrogen and oxygen atoms in total. The molecule has 0 spiro atoms. The van der Waals surface area contributed by atoms with Crippen molar-refractivity contribution >= 4 is 5.97 Å². The summed E-state index contributed by atoms with van der Waals surface area (Å²) in [6.07, 6.45) is 6.51. The Morgan fingerprint density at radius 3 is 2.53 bits per heavy atom. The summed E-state index contributed by atoms with van der Waals surface area (Å²) in [7, 11) is 0. The van der Waals surface area contributed by atoms with Crippen LogP contribution in [0.3, 0.4) is 0 Å². The fourth-order valence-corrected chi connectivity index (χ4v) is 2.08. The number of carbonyl (C=O) groups is 1. The second kappa shape index (κ2) is 5.25. The van der Waals surface area contributed by atoms with Crippen molar-refractivity contribution in [3.05, 3.63) is 23.8 Å². The minimum absolute atomic E-state index is 0.0394. The molecule has 1 fully saturated rings. The highest BCUT2D eigenvalue weighted by atomic mass is 16.5. The van der Waals surface area contributed by atoms with Gasteiger partial charge in [0.1, 0.15) is 5.82 Å². The number of rotatable bonds is 4. The topological polar surface area (TPSA) is 52.1 Å². The molecule has 2 rings (SSSR count). The number of hydrogen-bond donors (Lipinski definition) is 0. The van der Waals surface area contributed by atoms with Gasteiger partial charge in [-0.05, 0) is 31.7 Å². The van der Waals surface area contributed by atoms with Crippen molar-refractivity contribution in [2.75, 3.05) is 6.61 Å². The van der Waals surface area contributed by atoms with Gasteiger partial charge in [-0.25, -0.2) is 9.97 Å². The average Bonchev–Trinajstić information content (AvgIpc) is 2.29. The SMILES string of the molecule is CCOC(=O)C1CCC1c1ncc(CC)cn1. The highest BCUT2D eigenvalue weighted by Gasteiger charge is 2.40. The highest BCUT2D eigenvalue weighted by molar-refractivity contribution is 5.74. The van der Waals surface area contributed by atoms with Crippen molar-refractivity contribution in [3.63, 3.8) is 0 Å². The van der Waals surface area contributed by atoms with Gasteiger partial charge in [-0.2, -0.15) is 0 Å². The van der Waals surface area contributed by atoms with Gasteiger partial charge in [0, 0.05) is 18.3 Å². The van der Waals surface area contributed by atoms with Crippen molar-refractivity contribution in [2.24, 2.45) is 5.92 Å². The maximum Gasteiger partial charge on any atom is 0.309 e. The first-order valence-electron chi connectivity index (χ1n) is 6.23. The summed E-state index contributed by atoms with van der Waals surface area (Å²) >= 11 is 0. The first-order valence-corrected chi connectivity index (χ1v) is 6.23. The van der Waals surface area contributed by atoms with Crippen LogP contribution in [0, 0.1) is 5.92 Å². The van der Waals surface area contributed by atoms with Crippen molar-refractivity contribution < 1.29 is 9.53 Å². The average molecular weight is 234 g/mol. The second-order valence-electron chi connectivity index (χ2n) is 4.35. The molecule has 0 amide bonds. The summed E-state index contributed by atoms with van der Waals surface area (Å²) in [4.78, 5) is 20.3. The summed E-state index contributed by atoms with van der Waals surface area (Å²) in [6, 6.07) is 0. The van der Waals surface area contributed by atoms with Gasteiger partial charge in [-0.1, -0.05) is 6.92 Å². The Balaban J connectivity index is 2.04. The van der Waals surface area contributed by atoms with Crippen molar-refractivity contribution in [3.8, 4) is 0 Å². The monoisotopic (exact) mass is 234 g/mol. The van der Waals surface area contributed by atoms with Gasteiger partial charge in [0.2, 0.25) is 0 Å². The number of ether oxygens (including phenoxy) is 1. The van der Waals surface area contributed by atoms with Gasteiger partial charge < -0.3 is 4.74 Å². The van der Waals surface area contributed by atoms with Crippen LogP contribution in [0.1, 0.15) is 44.0 Å². The molecule has 0 saturated heterocycles. The normalized spacial score (nSPS) is 22.9. The first-order chi connectivity index (χ1) is 8.26. The molecule has 1 aliphatic carbocycles. The Morgan fingerprint density at radius 1 is 1.35 bits per heavy atom. The quantitative estimate of drug-likeness (QED) is 0.749. The summed E-state index contributed by atoms with van der Waals surface area (Å²) in [5.74, 6) is 0.792. The van der Waals surface area contributed by atoms with E-state index in [4.69, 9.17) is 4.74 Å². The number of nitrogens with zero attached hydrogens (tertiary/aromatic N) is 2. The number of hydrogen-bond acceptors (Lipinski definition) is 4. The van der Waals surface area contributed by atoms with Crippen LogP contribution in [0.25, 0.3) is 0 Å². The smallest absolute Gasteiger partial charge is 0.309 e. The van der Waals surface area contributed by atoms with Gasteiger partial charge in [0.15, 0.2) is 0 Å². The number of esters is 1. The van der Waals surface area contributed by atoms with E-state index in [-0.39, 0.29) is 17.8 Å². The van der Waals surface area contributed by atoms with Crippen molar-refractivity contribution in [1.82, 2.24) is 9.97 Å². The minimum atomic E-state index is -0.105. The molecule has 2 atom stereocenters. The summed E-state index contributed by atoms with van der Waals surface area (Å²) < 4.78 is 5.05. The summed E-state index contributed by atoms with van der Waals surface area (Å²) in [5, 5.41) is 0. The Bertz CT molecular complexity index is 389. The van der Waals surface area contributed by atoms with E-state index < -0.39 is 0 Å². The van der Waals surface area contributed by atoms with Crippen molar-refractivity contribution in [2.45, 2.75) is 39.0 Å². The fourth-order valence-electron chi connectivity index (χ4n) is 2.08. The summed E-state index contributed by atoms with van der Waals surface area (Å²) in [5.41, 5.74) is 1.13. The van der Waals surface area contributed by atoms with E-state index in [1.807, 2.05) is 19.3 Å². The number of aromatic nitrogens is 2. The van der Waals surface area contributed by atoms with Gasteiger partial charge in [0.05, 0.1) is 12.5 Å². The lowest BCUT2D eigenvalue weighted by Gasteiger charge is -2.33. The molecule has 0 radical (unpaired) electrons. The molecule has 1 aromatic rings. The molecule has 0 aromatic carbocycles. The maximum absolute atomic E-state index is 11.7. The van der Waals surface area contributed by atoms with Crippen LogP contribution in [0.15, 0.2) is 12.4 Å². The van der Waals surface area contributed by atoms with Crippen LogP contribution >= 0.6 is 0 Å². The maximum atomic E-state index is 11.7. The van der Waals surface area contributed by atoms with Crippen LogP contribution in [0.2, 0.25) is 0 Å². The zero-order chi connectivity index (χ0) is 12.3. The lowest BCUT2D eigenvalue weighted by atomic mass is 9.73. The van der Waals surface area contributed by atoms with Crippen molar-refractivity contribution in [1.29, 1.82) is 0 Å². The molecule has 1 saturated carbocycles. The predicted octanol–water partition coefficient (Wildman–Crippen LogP) is 2.10. The zero-order valence-electron chi connectivity index (χ0n) is 10.3. The largest absolute Gasteiger partial charge is 0.466 e. The van der Waals surface area contributed by atoms with Crippen LogP contribution < -0.4 is 0 Å². The molecule has 1 aliphatic rings. The predicted molar refractivity (Wildman–Crippen MR) is 63.5 cm³/mol. The molecule has 0 N–H and O–H groups in total. The molecular formula is C13H18N2O2. The zero-order valence-corrected chi connectivity index (χ0v) is 10.3. The van der Waals surface area contributed by atoms with E-state index in [1.54, 1.807) is 0 Å². The minimum Gasteiger partial charge on any atom is -0.466 e. The molecule has 92 valence electrons. The van der Waals surface area contributed by atoms with E-state index >= 15 is 0 Å². The molecule has 1 aromatic heterocycles. The Hall–Kier alpha value is -1.45. The van der Waals surface area contributed by atoms with E-state index in [0.717, 1.165) is 30.7 Å². The molecule has 4 heteroatoms. The molecule has 1 heterocycles. The molecule has 0 bridgehead atoms. The molecule has 17 heavy (non-hydrogen) atoms. The van der Waals surface area contributed by atoms with Crippen LogP contribution in [-0.4, -0.2) is 22.5 Å². The van der Waals surface area contributed by atoms with Gasteiger partial charge in [0.25, 0.3) is 0 Å². The Morgan fingerprint density at radius 2 is 2.06 bits per heavy atom. The molecule has 2 unspecified atom stereocenters. The van der Waals surface area contributed by atoms with Gasteiger partial charge in [-0.15, -0.1) is 0 Å².